The molecule has 0 spiro atoms. The molecular formula is C8H13N3O2S. The molecule has 0 aliphatic rings. The fourth-order valence-electron chi connectivity index (χ4n) is 0.864. The van der Waals surface area contributed by atoms with Crippen LogP contribution in [0.2, 0.25) is 0 Å². The monoisotopic (exact) mass is 215 g/mol. The lowest BCUT2D eigenvalue weighted by Crippen LogP contribution is -2.34. The molecule has 0 saturated heterocycles. The number of nitrogens with one attached hydrogen (secondary N) is 2. The Hall–Kier alpha value is -1.11. The molecule has 0 aromatic heterocycles. The van der Waals surface area contributed by atoms with Crippen LogP contribution in [-0.4, -0.2) is 20.7 Å². The molecule has 5 nitrogen and oxygen atoms in total. The molecule has 0 unspecified atom stereocenters. The van der Waals surface area contributed by atoms with E-state index >= 15 is 0 Å². The highest BCUT2D eigenvalue weighted by Crippen LogP contribution is 2.02. The van der Waals surface area contributed by atoms with Gasteiger partial charge in [0, 0.05) is 12.2 Å². The van der Waals surface area contributed by atoms with E-state index in [2.05, 4.69) is 10.3 Å². The molecular weight excluding hydrogens is 202 g/mol. The fraction of sp³-hybridized carbons (Fsp3) is 0.250. The summed E-state index contributed by atoms with van der Waals surface area (Å²) in [7, 11) is -3.32. The van der Waals surface area contributed by atoms with Crippen molar-refractivity contribution in [1.29, 1.82) is 0 Å². The van der Waals surface area contributed by atoms with Crippen LogP contribution in [0.4, 0.5) is 5.69 Å². The number of sulfonamides is 1. The van der Waals surface area contributed by atoms with Crippen molar-refractivity contribution in [2.45, 2.75) is 0 Å². The number of para-hydroxylation sites is 1. The minimum Gasteiger partial charge on any atom is -0.329 e. The van der Waals surface area contributed by atoms with Gasteiger partial charge in [-0.25, -0.2) is 8.42 Å². The third-order valence-electron chi connectivity index (χ3n) is 1.51. The summed E-state index contributed by atoms with van der Waals surface area (Å²) in [5.41, 5.74) is 8.40. The molecule has 0 radical (unpaired) electrons. The Kier molecular flexibility index (Phi) is 3.87. The summed E-state index contributed by atoms with van der Waals surface area (Å²) in [6.45, 7) is 0.103. The van der Waals surface area contributed by atoms with Gasteiger partial charge in [-0.05, 0) is 12.1 Å². The van der Waals surface area contributed by atoms with Crippen LogP contribution < -0.4 is 16.0 Å². The first-order valence-corrected chi connectivity index (χ1v) is 5.80. The van der Waals surface area contributed by atoms with Crippen LogP contribution in [0, 0.1) is 0 Å². The van der Waals surface area contributed by atoms with E-state index in [-0.39, 0.29) is 12.3 Å². The highest BCUT2D eigenvalue weighted by atomic mass is 32.2. The zero-order chi connectivity index (χ0) is 10.4. The van der Waals surface area contributed by atoms with Gasteiger partial charge >= 0.3 is 0 Å². The van der Waals surface area contributed by atoms with E-state index in [0.717, 1.165) is 0 Å². The molecule has 1 rings (SSSR count). The molecule has 0 aliphatic carbocycles. The maximum Gasteiger partial charge on any atom is 0.229 e. The van der Waals surface area contributed by atoms with Gasteiger partial charge in [-0.3, -0.25) is 0 Å². The first-order valence-electron chi connectivity index (χ1n) is 4.15. The van der Waals surface area contributed by atoms with Gasteiger partial charge < -0.3 is 11.2 Å². The Morgan fingerprint density at radius 2 is 1.86 bits per heavy atom. The molecule has 0 amide bonds. The molecule has 78 valence electrons. The number of hydrogen-bond acceptors (Lipinski definition) is 4. The number of hydrazine groups is 1. The Bertz CT molecular complexity index is 363. The van der Waals surface area contributed by atoms with Crippen molar-refractivity contribution in [1.82, 2.24) is 4.83 Å². The van der Waals surface area contributed by atoms with Crippen molar-refractivity contribution in [3.8, 4) is 0 Å². The molecule has 1 aromatic carbocycles. The van der Waals surface area contributed by atoms with Crippen LogP contribution in [0.5, 0.6) is 0 Å². The quantitative estimate of drug-likeness (QED) is 0.598. The number of benzene rings is 1. The maximum atomic E-state index is 11.2. The third kappa shape index (κ3) is 3.73. The van der Waals surface area contributed by atoms with Crippen LogP contribution in [0.25, 0.3) is 0 Å². The van der Waals surface area contributed by atoms with Gasteiger partial charge in [0.05, 0.1) is 5.75 Å². The summed E-state index contributed by atoms with van der Waals surface area (Å²) in [5.74, 6) is -0.0904. The van der Waals surface area contributed by atoms with Crippen molar-refractivity contribution < 1.29 is 8.42 Å². The van der Waals surface area contributed by atoms with Gasteiger partial charge in [0.1, 0.15) is 0 Å². The second-order valence-corrected chi connectivity index (χ2v) is 4.54. The highest BCUT2D eigenvalue weighted by Gasteiger charge is 2.06. The Labute approximate surface area is 83.3 Å². The summed E-state index contributed by atoms with van der Waals surface area (Å²) < 4.78 is 22.3. The SMILES string of the molecule is NCCS(=O)(=O)NNc1ccccc1. The van der Waals surface area contributed by atoms with Crippen LogP contribution >= 0.6 is 0 Å². The lowest BCUT2D eigenvalue weighted by Gasteiger charge is -2.07. The number of anilines is 1. The van der Waals surface area contributed by atoms with Crippen LogP contribution in [0.3, 0.4) is 0 Å². The fourth-order valence-corrected chi connectivity index (χ4v) is 1.55. The predicted molar refractivity (Wildman–Crippen MR) is 56.0 cm³/mol. The molecule has 4 N–H and O–H groups in total. The van der Waals surface area contributed by atoms with E-state index in [1.165, 1.54) is 0 Å². The summed E-state index contributed by atoms with van der Waals surface area (Å²) in [6, 6.07) is 8.97. The number of hydrogen-bond donors (Lipinski definition) is 3. The van der Waals surface area contributed by atoms with Crippen molar-refractivity contribution in [2.75, 3.05) is 17.7 Å². The largest absolute Gasteiger partial charge is 0.329 e. The van der Waals surface area contributed by atoms with E-state index < -0.39 is 10.0 Å². The van der Waals surface area contributed by atoms with E-state index in [1.807, 2.05) is 6.07 Å². The lowest BCUT2D eigenvalue weighted by atomic mass is 10.3. The average Bonchev–Trinajstić information content (AvgIpc) is 2.17. The van der Waals surface area contributed by atoms with Gasteiger partial charge in [0.15, 0.2) is 0 Å². The van der Waals surface area contributed by atoms with Crippen molar-refractivity contribution in [2.24, 2.45) is 5.73 Å². The van der Waals surface area contributed by atoms with Gasteiger partial charge in [0.2, 0.25) is 10.0 Å². The topological polar surface area (TPSA) is 84.2 Å². The van der Waals surface area contributed by atoms with E-state index in [1.54, 1.807) is 24.3 Å². The summed E-state index contributed by atoms with van der Waals surface area (Å²) >= 11 is 0. The molecule has 6 heteroatoms. The van der Waals surface area contributed by atoms with Crippen molar-refractivity contribution in [3.05, 3.63) is 30.3 Å². The minimum atomic E-state index is -3.32. The number of rotatable bonds is 5. The number of nitrogens with two attached hydrogens (primary N) is 1. The van der Waals surface area contributed by atoms with Gasteiger partial charge in [-0.2, -0.15) is 0 Å². The Morgan fingerprint density at radius 3 is 2.43 bits per heavy atom. The van der Waals surface area contributed by atoms with Gasteiger partial charge in [-0.15, -0.1) is 4.83 Å². The standard InChI is InChI=1S/C8H13N3O2S/c9-6-7-14(12,13)11-10-8-4-2-1-3-5-8/h1-5,10-11H,6-7,9H2. The molecule has 1 aromatic rings. The smallest absolute Gasteiger partial charge is 0.229 e. The summed E-state index contributed by atoms with van der Waals surface area (Å²) in [5, 5.41) is 0. The summed E-state index contributed by atoms with van der Waals surface area (Å²) in [4.78, 5) is 2.22. The Morgan fingerprint density at radius 1 is 1.21 bits per heavy atom. The van der Waals surface area contributed by atoms with E-state index in [4.69, 9.17) is 5.73 Å². The molecule has 0 fully saturated rings. The first-order chi connectivity index (χ1) is 6.64. The maximum absolute atomic E-state index is 11.2. The molecule has 14 heavy (non-hydrogen) atoms. The second kappa shape index (κ2) is 4.94. The molecule has 0 bridgehead atoms. The summed E-state index contributed by atoms with van der Waals surface area (Å²) in [6.07, 6.45) is 0. The normalized spacial score (nSPS) is 11.2. The second-order valence-electron chi connectivity index (χ2n) is 2.70. The minimum absolute atomic E-state index is 0.0904. The molecule has 0 saturated carbocycles. The zero-order valence-electron chi connectivity index (χ0n) is 7.60. The zero-order valence-corrected chi connectivity index (χ0v) is 8.42. The molecule has 0 aliphatic heterocycles. The van der Waals surface area contributed by atoms with Gasteiger partial charge in [-0.1, -0.05) is 18.2 Å². The van der Waals surface area contributed by atoms with Gasteiger partial charge in [0.25, 0.3) is 0 Å². The van der Waals surface area contributed by atoms with Crippen molar-refractivity contribution in [3.63, 3.8) is 0 Å². The molecule has 0 heterocycles. The van der Waals surface area contributed by atoms with Crippen molar-refractivity contribution >= 4 is 15.7 Å². The van der Waals surface area contributed by atoms with Crippen LogP contribution in [-0.2, 0) is 10.0 Å². The molecule has 0 atom stereocenters. The van der Waals surface area contributed by atoms with Crippen LogP contribution in [0.1, 0.15) is 0 Å². The average molecular weight is 215 g/mol. The first kappa shape index (κ1) is 11.0. The van der Waals surface area contributed by atoms with E-state index in [0.29, 0.717) is 5.69 Å². The highest BCUT2D eigenvalue weighted by molar-refractivity contribution is 7.89. The van der Waals surface area contributed by atoms with E-state index in [9.17, 15) is 8.42 Å². The third-order valence-corrected chi connectivity index (χ3v) is 2.70. The van der Waals surface area contributed by atoms with Crippen LogP contribution in [0.15, 0.2) is 30.3 Å². The Balaban J connectivity index is 2.49. The predicted octanol–water partition coefficient (Wildman–Crippen LogP) is -0.108. The lowest BCUT2D eigenvalue weighted by molar-refractivity contribution is 0.587.